The van der Waals surface area contributed by atoms with E-state index in [0.29, 0.717) is 29.3 Å². The highest BCUT2D eigenvalue weighted by molar-refractivity contribution is 8.00. The first-order chi connectivity index (χ1) is 20.4. The minimum Gasteiger partial charge on any atom is -0.494 e. The molecule has 216 valence electrons. The van der Waals surface area contributed by atoms with Crippen LogP contribution in [0.25, 0.3) is 6.08 Å². The third kappa shape index (κ3) is 9.14. The molecule has 0 spiro atoms. The number of amides is 3. The largest absolute Gasteiger partial charge is 0.494 e. The van der Waals surface area contributed by atoms with Gasteiger partial charge >= 0.3 is 0 Å². The normalized spacial score (nSPS) is 11.8. The van der Waals surface area contributed by atoms with E-state index in [9.17, 15) is 14.4 Å². The first-order valence-electron chi connectivity index (χ1n) is 13.6. The molecule has 9 heteroatoms. The lowest BCUT2D eigenvalue weighted by Gasteiger charge is -2.14. The number of anilines is 2. The van der Waals surface area contributed by atoms with Crippen molar-refractivity contribution in [3.05, 3.63) is 114 Å². The van der Waals surface area contributed by atoms with Crippen LogP contribution in [0.1, 0.15) is 42.8 Å². The Bertz CT molecular complexity index is 1490. The molecule has 0 saturated heterocycles. The summed E-state index contributed by atoms with van der Waals surface area (Å²) < 4.78 is 11.0. The number of furan rings is 1. The number of nitrogens with one attached hydrogen (secondary N) is 3. The Balaban J connectivity index is 1.33. The fraction of sp³-hybridized carbons (Fsp3) is 0.182. The van der Waals surface area contributed by atoms with Crippen LogP contribution < -0.4 is 20.7 Å². The van der Waals surface area contributed by atoms with Crippen molar-refractivity contribution in [1.29, 1.82) is 0 Å². The lowest BCUT2D eigenvalue weighted by Crippen LogP contribution is -2.30. The van der Waals surface area contributed by atoms with Crippen molar-refractivity contribution in [2.75, 3.05) is 17.2 Å². The van der Waals surface area contributed by atoms with E-state index in [-0.39, 0.29) is 16.9 Å². The molecule has 0 aliphatic rings. The molecule has 0 bridgehead atoms. The van der Waals surface area contributed by atoms with Gasteiger partial charge in [-0.05, 0) is 86.1 Å². The van der Waals surface area contributed by atoms with E-state index in [4.69, 9.17) is 9.15 Å². The maximum atomic E-state index is 13.1. The molecule has 1 atom stereocenters. The summed E-state index contributed by atoms with van der Waals surface area (Å²) in [6, 6.07) is 26.5. The summed E-state index contributed by atoms with van der Waals surface area (Å²) in [4.78, 5) is 39.4. The van der Waals surface area contributed by atoms with Gasteiger partial charge in [0.25, 0.3) is 11.8 Å². The quantitative estimate of drug-likeness (QED) is 0.0889. The molecule has 3 aromatic carbocycles. The fourth-order valence-corrected chi connectivity index (χ4v) is 4.61. The van der Waals surface area contributed by atoms with Crippen LogP contribution in [0.3, 0.4) is 0 Å². The molecule has 1 heterocycles. The van der Waals surface area contributed by atoms with Gasteiger partial charge in [-0.15, -0.1) is 11.8 Å². The highest BCUT2D eigenvalue weighted by Crippen LogP contribution is 2.26. The first kappa shape index (κ1) is 30.2. The topological polar surface area (TPSA) is 110 Å². The van der Waals surface area contributed by atoms with Crippen molar-refractivity contribution >= 4 is 46.9 Å². The van der Waals surface area contributed by atoms with Crippen LogP contribution in [0, 0.1) is 0 Å². The summed E-state index contributed by atoms with van der Waals surface area (Å²) in [7, 11) is 0. The Morgan fingerprint density at radius 1 is 0.881 bits per heavy atom. The number of rotatable bonds is 13. The molecule has 4 aromatic rings. The van der Waals surface area contributed by atoms with E-state index >= 15 is 0 Å². The molecule has 0 aliphatic heterocycles. The molecule has 0 fully saturated rings. The number of benzene rings is 3. The van der Waals surface area contributed by atoms with Crippen LogP contribution in [0.5, 0.6) is 5.75 Å². The molecule has 42 heavy (non-hydrogen) atoms. The van der Waals surface area contributed by atoms with Gasteiger partial charge < -0.3 is 25.1 Å². The second-order valence-electron chi connectivity index (χ2n) is 9.35. The molecule has 8 nitrogen and oxygen atoms in total. The molecule has 1 aromatic heterocycles. The van der Waals surface area contributed by atoms with Gasteiger partial charge in [0.05, 0.1) is 18.1 Å². The highest BCUT2D eigenvalue weighted by Gasteiger charge is 2.17. The molecule has 0 radical (unpaired) electrons. The van der Waals surface area contributed by atoms with Crippen LogP contribution in [0.4, 0.5) is 11.4 Å². The van der Waals surface area contributed by atoms with E-state index in [2.05, 4.69) is 22.9 Å². The molecule has 0 saturated carbocycles. The van der Waals surface area contributed by atoms with E-state index < -0.39 is 11.8 Å². The third-order valence-electron chi connectivity index (χ3n) is 6.04. The molecule has 4 rings (SSSR count). The first-order valence-corrected chi connectivity index (χ1v) is 14.5. The monoisotopic (exact) mass is 583 g/mol. The average molecular weight is 584 g/mol. The van der Waals surface area contributed by atoms with Crippen LogP contribution >= 0.6 is 11.8 Å². The van der Waals surface area contributed by atoms with E-state index in [1.54, 1.807) is 48.5 Å². The van der Waals surface area contributed by atoms with Gasteiger partial charge in [-0.3, -0.25) is 14.4 Å². The summed E-state index contributed by atoms with van der Waals surface area (Å²) >= 11 is 1.40. The van der Waals surface area contributed by atoms with Gasteiger partial charge in [0, 0.05) is 27.9 Å². The Morgan fingerprint density at radius 3 is 2.24 bits per heavy atom. The maximum absolute atomic E-state index is 13.1. The second-order valence-corrected chi connectivity index (χ2v) is 10.8. The predicted molar refractivity (Wildman–Crippen MR) is 166 cm³/mol. The zero-order valence-electron chi connectivity index (χ0n) is 23.5. The van der Waals surface area contributed by atoms with Crippen molar-refractivity contribution in [2.24, 2.45) is 0 Å². The number of hydrogen-bond acceptors (Lipinski definition) is 6. The van der Waals surface area contributed by atoms with Crippen molar-refractivity contribution in [3.63, 3.8) is 0 Å². The van der Waals surface area contributed by atoms with Crippen LogP contribution in [0.15, 0.2) is 112 Å². The summed E-state index contributed by atoms with van der Waals surface area (Å²) in [5.74, 6) is 0.144. The summed E-state index contributed by atoms with van der Waals surface area (Å²) in [5.41, 5.74) is 1.68. The van der Waals surface area contributed by atoms with Crippen LogP contribution in [-0.4, -0.2) is 29.6 Å². The van der Waals surface area contributed by atoms with Gasteiger partial charge in [-0.2, -0.15) is 0 Å². The zero-order valence-corrected chi connectivity index (χ0v) is 24.3. The minimum absolute atomic E-state index is 0.0307. The number of unbranched alkanes of at least 4 members (excludes halogenated alkanes) is 1. The van der Waals surface area contributed by atoms with E-state index in [0.717, 1.165) is 23.5 Å². The number of thioether (sulfide) groups is 1. The minimum atomic E-state index is -0.509. The van der Waals surface area contributed by atoms with Gasteiger partial charge in [-0.1, -0.05) is 31.5 Å². The number of carbonyl (C=O) groups excluding carboxylic acids is 3. The van der Waals surface area contributed by atoms with Gasteiger partial charge in [0.1, 0.15) is 17.2 Å². The van der Waals surface area contributed by atoms with Crippen molar-refractivity contribution < 1.29 is 23.5 Å². The fourth-order valence-electron chi connectivity index (χ4n) is 3.74. The molecular formula is C33H33N3O5S. The molecule has 3 N–H and O–H groups in total. The number of carbonyl (C=O) groups is 3. The van der Waals surface area contributed by atoms with Crippen LogP contribution in [0.2, 0.25) is 0 Å². The van der Waals surface area contributed by atoms with Crippen molar-refractivity contribution in [2.45, 2.75) is 36.8 Å². The molecule has 1 unspecified atom stereocenters. The molecule has 0 aliphatic carbocycles. The molecule has 3 amide bonds. The predicted octanol–water partition coefficient (Wildman–Crippen LogP) is 6.99. The Kier molecular flexibility index (Phi) is 11.0. The van der Waals surface area contributed by atoms with Gasteiger partial charge in [0.15, 0.2) is 0 Å². The smallest absolute Gasteiger partial charge is 0.272 e. The van der Waals surface area contributed by atoms with Gasteiger partial charge in [-0.25, -0.2) is 0 Å². The van der Waals surface area contributed by atoms with E-state index in [1.807, 2.05) is 49.4 Å². The number of hydrogen-bond donors (Lipinski definition) is 3. The lowest BCUT2D eigenvalue weighted by atomic mass is 10.2. The summed E-state index contributed by atoms with van der Waals surface area (Å²) in [5, 5.41) is 8.05. The highest BCUT2D eigenvalue weighted by atomic mass is 32.2. The summed E-state index contributed by atoms with van der Waals surface area (Å²) in [6.07, 6.45) is 5.02. The van der Waals surface area contributed by atoms with E-state index in [1.165, 1.54) is 24.1 Å². The second kappa shape index (κ2) is 15.3. The summed E-state index contributed by atoms with van der Waals surface area (Å²) in [6.45, 7) is 4.62. The lowest BCUT2D eigenvalue weighted by molar-refractivity contribution is -0.115. The van der Waals surface area contributed by atoms with Crippen LogP contribution in [-0.2, 0) is 9.59 Å². The zero-order chi connectivity index (χ0) is 29.7. The Morgan fingerprint density at radius 2 is 1.57 bits per heavy atom. The Hall–Kier alpha value is -4.76. The van der Waals surface area contributed by atoms with Crippen molar-refractivity contribution in [3.8, 4) is 5.75 Å². The SMILES string of the molecule is CCCCOc1ccc(NC(=O)C(C)Sc2ccc(NC(=O)/C(=C/c3ccco3)NC(=O)c3ccccc3)cc2)cc1. The van der Waals surface area contributed by atoms with Gasteiger partial charge in [0.2, 0.25) is 5.91 Å². The van der Waals surface area contributed by atoms with Crippen molar-refractivity contribution in [1.82, 2.24) is 5.32 Å². The Labute approximate surface area is 249 Å². The third-order valence-corrected chi connectivity index (χ3v) is 7.15. The number of ether oxygens (including phenoxy) is 1. The molecular weight excluding hydrogens is 550 g/mol. The maximum Gasteiger partial charge on any atom is 0.272 e. The standard InChI is InChI=1S/C33H33N3O5S/c1-3-4-20-40-27-16-12-25(13-17-27)34-31(37)23(2)42-29-18-14-26(15-19-29)35-33(39)30(22-28-11-8-21-41-28)36-32(38)24-9-6-5-7-10-24/h5-19,21-23H,3-4,20H2,1-2H3,(H,34,37)(H,35,39)(H,36,38)/b30-22-. The average Bonchev–Trinajstić information content (AvgIpc) is 3.52.